The van der Waals surface area contributed by atoms with E-state index in [2.05, 4.69) is 10.3 Å². The fraction of sp³-hybridized carbons (Fsp3) is 0.278. The fourth-order valence-electron chi connectivity index (χ4n) is 2.39. The summed E-state index contributed by atoms with van der Waals surface area (Å²) in [7, 11) is 0. The number of nitriles is 1. The summed E-state index contributed by atoms with van der Waals surface area (Å²) in [5.41, 5.74) is 3.62. The number of benzene rings is 1. The van der Waals surface area contributed by atoms with Crippen LogP contribution in [0.5, 0.6) is 5.88 Å². The van der Waals surface area contributed by atoms with E-state index in [0.717, 1.165) is 11.3 Å². The number of rotatable bonds is 3. The van der Waals surface area contributed by atoms with E-state index in [1.54, 1.807) is 17.0 Å². The minimum Gasteiger partial charge on any atom is -0.471 e. The first-order valence-corrected chi connectivity index (χ1v) is 7.71. The molecule has 1 aliphatic rings. The van der Waals surface area contributed by atoms with Crippen molar-refractivity contribution in [2.75, 3.05) is 18.4 Å². The van der Waals surface area contributed by atoms with Gasteiger partial charge in [-0.3, -0.25) is 0 Å². The van der Waals surface area contributed by atoms with E-state index < -0.39 is 0 Å². The van der Waals surface area contributed by atoms with Gasteiger partial charge in [0.15, 0.2) is 0 Å². The average molecular weight is 322 g/mol. The van der Waals surface area contributed by atoms with Crippen LogP contribution in [0.4, 0.5) is 10.5 Å². The molecule has 0 radical (unpaired) electrons. The van der Waals surface area contributed by atoms with Gasteiger partial charge in [-0.05, 0) is 43.2 Å². The van der Waals surface area contributed by atoms with Crippen LogP contribution in [0.2, 0.25) is 0 Å². The van der Waals surface area contributed by atoms with Gasteiger partial charge >= 0.3 is 6.03 Å². The second-order valence-corrected chi connectivity index (χ2v) is 5.87. The van der Waals surface area contributed by atoms with Gasteiger partial charge in [-0.2, -0.15) is 5.26 Å². The summed E-state index contributed by atoms with van der Waals surface area (Å²) < 4.78 is 5.67. The van der Waals surface area contributed by atoms with E-state index in [1.165, 1.54) is 11.8 Å². The van der Waals surface area contributed by atoms with E-state index in [-0.39, 0.29) is 12.1 Å². The van der Waals surface area contributed by atoms with Gasteiger partial charge in [0.2, 0.25) is 5.88 Å². The van der Waals surface area contributed by atoms with E-state index >= 15 is 0 Å². The molecule has 1 fully saturated rings. The average Bonchev–Trinajstić information content (AvgIpc) is 2.54. The van der Waals surface area contributed by atoms with Crippen molar-refractivity contribution in [2.45, 2.75) is 20.0 Å². The zero-order chi connectivity index (χ0) is 17.1. The van der Waals surface area contributed by atoms with Gasteiger partial charge in [0.25, 0.3) is 0 Å². The normalized spacial score (nSPS) is 13.8. The lowest BCUT2D eigenvalue weighted by atomic mass is 10.1. The topological polar surface area (TPSA) is 78.3 Å². The van der Waals surface area contributed by atoms with Crippen LogP contribution in [0.3, 0.4) is 0 Å². The zero-order valence-electron chi connectivity index (χ0n) is 13.6. The quantitative estimate of drug-likeness (QED) is 0.942. The molecule has 0 saturated carbocycles. The Labute approximate surface area is 140 Å². The van der Waals surface area contributed by atoms with Crippen molar-refractivity contribution >= 4 is 11.7 Å². The van der Waals surface area contributed by atoms with Gasteiger partial charge in [0.05, 0.1) is 18.7 Å². The highest BCUT2D eigenvalue weighted by atomic mass is 16.5. The lowest BCUT2D eigenvalue weighted by molar-refractivity contribution is 0.0461. The molecule has 0 atom stereocenters. The van der Waals surface area contributed by atoms with Crippen LogP contribution in [0.15, 0.2) is 36.5 Å². The fourth-order valence-corrected chi connectivity index (χ4v) is 2.39. The highest BCUT2D eigenvalue weighted by Crippen LogP contribution is 2.19. The molecule has 24 heavy (non-hydrogen) atoms. The first-order valence-electron chi connectivity index (χ1n) is 7.71. The molecule has 2 amide bonds. The van der Waals surface area contributed by atoms with Gasteiger partial charge in [-0.1, -0.05) is 6.07 Å². The van der Waals surface area contributed by atoms with Crippen molar-refractivity contribution < 1.29 is 9.53 Å². The zero-order valence-corrected chi connectivity index (χ0v) is 13.6. The molecule has 2 aromatic rings. The summed E-state index contributed by atoms with van der Waals surface area (Å²) in [6.07, 6.45) is 1.40. The van der Waals surface area contributed by atoms with Gasteiger partial charge in [-0.25, -0.2) is 9.78 Å². The van der Waals surface area contributed by atoms with Gasteiger partial charge in [0, 0.05) is 18.0 Å². The molecule has 0 aliphatic carbocycles. The Kier molecular flexibility index (Phi) is 4.34. The van der Waals surface area contributed by atoms with Crippen molar-refractivity contribution in [2.24, 2.45) is 0 Å². The van der Waals surface area contributed by atoms with E-state index in [0.29, 0.717) is 24.5 Å². The molecule has 1 aromatic heterocycles. The third-order valence-electron chi connectivity index (χ3n) is 4.05. The summed E-state index contributed by atoms with van der Waals surface area (Å²) in [6.45, 7) is 5.08. The van der Waals surface area contributed by atoms with Gasteiger partial charge in [0.1, 0.15) is 12.2 Å². The number of likely N-dealkylation sites (tertiary alicyclic amines) is 1. The van der Waals surface area contributed by atoms with Crippen molar-refractivity contribution in [3.05, 3.63) is 53.2 Å². The van der Waals surface area contributed by atoms with Crippen molar-refractivity contribution in [1.29, 1.82) is 5.26 Å². The highest BCUT2D eigenvalue weighted by Gasteiger charge is 2.32. The number of ether oxygens (including phenoxy) is 1. The Morgan fingerprint density at radius 3 is 2.71 bits per heavy atom. The van der Waals surface area contributed by atoms with Crippen LogP contribution in [-0.4, -0.2) is 35.1 Å². The number of carbonyl (C=O) groups excluding carboxylic acids is 1. The molecule has 6 nitrogen and oxygen atoms in total. The first kappa shape index (κ1) is 15.8. The molecular formula is C18H18N4O2. The molecule has 122 valence electrons. The second-order valence-electron chi connectivity index (χ2n) is 5.87. The maximum absolute atomic E-state index is 12.2. The summed E-state index contributed by atoms with van der Waals surface area (Å²) in [4.78, 5) is 17.9. The maximum Gasteiger partial charge on any atom is 0.322 e. The Morgan fingerprint density at radius 1 is 1.29 bits per heavy atom. The molecule has 1 N–H and O–H groups in total. The van der Waals surface area contributed by atoms with Crippen LogP contribution < -0.4 is 10.1 Å². The Bertz CT molecular complexity index is 790. The molecule has 2 heterocycles. The molecule has 0 spiro atoms. The van der Waals surface area contributed by atoms with E-state index in [1.807, 2.05) is 38.1 Å². The maximum atomic E-state index is 12.2. The number of amides is 2. The van der Waals surface area contributed by atoms with Gasteiger partial charge < -0.3 is 15.0 Å². The highest BCUT2D eigenvalue weighted by molar-refractivity contribution is 5.90. The first-order chi connectivity index (χ1) is 11.5. The monoisotopic (exact) mass is 322 g/mol. The van der Waals surface area contributed by atoms with Crippen molar-refractivity contribution in [1.82, 2.24) is 9.88 Å². The minimum atomic E-state index is -0.133. The van der Waals surface area contributed by atoms with Crippen molar-refractivity contribution in [3.63, 3.8) is 0 Å². The van der Waals surface area contributed by atoms with Crippen LogP contribution in [0, 0.1) is 25.2 Å². The standard InChI is InChI=1S/C18H18N4O2/c1-12-3-5-15(7-13(12)2)21-18(23)22-10-16(11-22)24-17-6-4-14(8-19)9-20-17/h3-7,9,16H,10-11H2,1-2H3,(H,21,23). The minimum absolute atomic E-state index is 0.0732. The molecular weight excluding hydrogens is 304 g/mol. The molecule has 1 saturated heterocycles. The molecule has 0 unspecified atom stereocenters. The number of anilines is 1. The largest absolute Gasteiger partial charge is 0.471 e. The third kappa shape index (κ3) is 3.46. The Morgan fingerprint density at radius 2 is 2.08 bits per heavy atom. The number of pyridine rings is 1. The van der Waals surface area contributed by atoms with Crippen molar-refractivity contribution in [3.8, 4) is 11.9 Å². The number of hydrogen-bond donors (Lipinski definition) is 1. The predicted octanol–water partition coefficient (Wildman–Crippen LogP) is 2.87. The number of nitrogens with zero attached hydrogens (tertiary/aromatic N) is 3. The molecule has 1 aromatic carbocycles. The lowest BCUT2D eigenvalue weighted by Crippen LogP contribution is -2.57. The number of carbonyl (C=O) groups is 1. The second kappa shape index (κ2) is 6.59. The van der Waals surface area contributed by atoms with E-state index in [9.17, 15) is 4.79 Å². The molecule has 0 bridgehead atoms. The number of aromatic nitrogens is 1. The summed E-state index contributed by atoms with van der Waals surface area (Å²) in [5.74, 6) is 0.466. The summed E-state index contributed by atoms with van der Waals surface area (Å²) in [5, 5.41) is 11.6. The molecule has 3 rings (SSSR count). The lowest BCUT2D eigenvalue weighted by Gasteiger charge is -2.38. The number of hydrogen-bond acceptors (Lipinski definition) is 4. The molecule has 6 heteroatoms. The van der Waals surface area contributed by atoms with E-state index in [4.69, 9.17) is 10.00 Å². The summed E-state index contributed by atoms with van der Waals surface area (Å²) in [6, 6.07) is 11.0. The number of nitrogens with one attached hydrogen (secondary N) is 1. The molecule has 1 aliphatic heterocycles. The van der Waals surface area contributed by atoms with Crippen LogP contribution in [0.25, 0.3) is 0 Å². The Balaban J connectivity index is 1.49. The summed E-state index contributed by atoms with van der Waals surface area (Å²) >= 11 is 0. The van der Waals surface area contributed by atoms with Gasteiger partial charge in [-0.15, -0.1) is 0 Å². The SMILES string of the molecule is Cc1ccc(NC(=O)N2CC(Oc3ccc(C#N)cn3)C2)cc1C. The number of aryl methyl sites for hydroxylation is 2. The smallest absolute Gasteiger partial charge is 0.322 e. The predicted molar refractivity (Wildman–Crippen MR) is 89.9 cm³/mol. The van der Waals surface area contributed by atoms with Crippen LogP contribution >= 0.6 is 0 Å². The van der Waals surface area contributed by atoms with Crippen LogP contribution in [-0.2, 0) is 0 Å². The third-order valence-corrected chi connectivity index (χ3v) is 4.05. The van der Waals surface area contributed by atoms with Crippen LogP contribution in [0.1, 0.15) is 16.7 Å². The number of urea groups is 1. The Hall–Kier alpha value is -3.07.